The lowest BCUT2D eigenvalue weighted by Gasteiger charge is -2.33. The molecular formula is C12H21ClN2O3. The molecule has 1 saturated heterocycles. The Morgan fingerprint density at radius 3 is 2.50 bits per heavy atom. The van der Waals surface area contributed by atoms with E-state index in [0.29, 0.717) is 19.5 Å². The van der Waals surface area contributed by atoms with E-state index in [1.807, 2.05) is 20.8 Å². The van der Waals surface area contributed by atoms with E-state index in [1.165, 1.54) is 0 Å². The van der Waals surface area contributed by atoms with E-state index in [2.05, 4.69) is 5.32 Å². The minimum atomic E-state index is -0.617. The number of aliphatic hydroxyl groups excluding tert-OH is 1. The van der Waals surface area contributed by atoms with Gasteiger partial charge in [-0.25, -0.2) is 0 Å². The summed E-state index contributed by atoms with van der Waals surface area (Å²) in [4.78, 5) is 25.3. The minimum absolute atomic E-state index is 0.155. The summed E-state index contributed by atoms with van der Waals surface area (Å²) < 4.78 is 0. The van der Waals surface area contributed by atoms with E-state index >= 15 is 0 Å². The third kappa shape index (κ3) is 3.85. The van der Waals surface area contributed by atoms with Gasteiger partial charge in [-0.15, -0.1) is 11.6 Å². The monoisotopic (exact) mass is 276 g/mol. The summed E-state index contributed by atoms with van der Waals surface area (Å²) in [5.41, 5.74) is -0.396. The first-order chi connectivity index (χ1) is 8.25. The second kappa shape index (κ2) is 5.89. The number of carbonyl (C=O) groups is 2. The van der Waals surface area contributed by atoms with Crippen LogP contribution in [-0.2, 0) is 9.59 Å². The van der Waals surface area contributed by atoms with Crippen LogP contribution >= 0.6 is 11.6 Å². The molecular weight excluding hydrogens is 256 g/mol. The average molecular weight is 277 g/mol. The lowest BCUT2D eigenvalue weighted by atomic mass is 9.85. The van der Waals surface area contributed by atoms with Crippen LogP contribution in [0.15, 0.2) is 0 Å². The predicted molar refractivity (Wildman–Crippen MR) is 69.3 cm³/mol. The molecule has 0 aromatic rings. The van der Waals surface area contributed by atoms with Crippen molar-refractivity contribution >= 4 is 23.4 Å². The Morgan fingerprint density at radius 2 is 2.11 bits per heavy atom. The summed E-state index contributed by atoms with van der Waals surface area (Å²) in [7, 11) is 0. The minimum Gasteiger partial charge on any atom is -0.391 e. The standard InChI is InChI=1S/C12H21ClN2O3/c1-12(2,3)10(14-9(17)6-13)11(18)15-5-4-8(16)7-15/h8,10,16H,4-7H2,1-3H3,(H,14,17)/t8-,10-/m1/s1. The molecule has 2 atom stereocenters. The fraction of sp³-hybridized carbons (Fsp3) is 0.833. The first-order valence-corrected chi connectivity index (χ1v) is 6.61. The molecule has 0 aromatic heterocycles. The Hall–Kier alpha value is -0.810. The Morgan fingerprint density at radius 1 is 1.50 bits per heavy atom. The van der Waals surface area contributed by atoms with E-state index in [1.54, 1.807) is 4.90 Å². The van der Waals surface area contributed by atoms with Crippen molar-refractivity contribution < 1.29 is 14.7 Å². The van der Waals surface area contributed by atoms with Gasteiger partial charge in [0, 0.05) is 13.1 Å². The SMILES string of the molecule is CC(C)(C)[C@H](NC(=O)CCl)C(=O)N1CC[C@@H](O)C1. The number of nitrogens with zero attached hydrogens (tertiary/aromatic N) is 1. The highest BCUT2D eigenvalue weighted by molar-refractivity contribution is 6.27. The lowest BCUT2D eigenvalue weighted by molar-refractivity contribution is -0.138. The van der Waals surface area contributed by atoms with Crippen LogP contribution in [-0.4, -0.2) is 52.9 Å². The molecule has 1 heterocycles. The van der Waals surface area contributed by atoms with E-state index in [9.17, 15) is 14.7 Å². The zero-order valence-electron chi connectivity index (χ0n) is 11.1. The predicted octanol–water partition coefficient (Wildman–Crippen LogP) is 0.349. The van der Waals surface area contributed by atoms with Crippen LogP contribution in [0.4, 0.5) is 0 Å². The van der Waals surface area contributed by atoms with Crippen LogP contribution < -0.4 is 5.32 Å². The average Bonchev–Trinajstić information content (AvgIpc) is 2.69. The molecule has 6 heteroatoms. The molecule has 1 aliphatic rings. The number of halogens is 1. The van der Waals surface area contributed by atoms with Crippen LogP contribution in [0.5, 0.6) is 0 Å². The first-order valence-electron chi connectivity index (χ1n) is 6.08. The second-order valence-corrected chi connectivity index (χ2v) is 5.99. The maximum absolute atomic E-state index is 12.3. The van der Waals surface area contributed by atoms with Crippen molar-refractivity contribution in [2.24, 2.45) is 5.41 Å². The second-order valence-electron chi connectivity index (χ2n) is 5.73. The quantitative estimate of drug-likeness (QED) is 0.731. The van der Waals surface area contributed by atoms with Crippen LogP contribution in [0.3, 0.4) is 0 Å². The van der Waals surface area contributed by atoms with Crippen molar-refractivity contribution in [1.82, 2.24) is 10.2 Å². The fourth-order valence-electron chi connectivity index (χ4n) is 1.97. The molecule has 0 aromatic carbocycles. The van der Waals surface area contributed by atoms with Crippen molar-refractivity contribution in [2.75, 3.05) is 19.0 Å². The van der Waals surface area contributed by atoms with Gasteiger partial charge in [-0.2, -0.15) is 0 Å². The molecule has 0 radical (unpaired) electrons. The number of hydrogen-bond donors (Lipinski definition) is 2. The summed E-state index contributed by atoms with van der Waals surface area (Å²) in [5.74, 6) is -0.676. The normalized spacial score (nSPS) is 21.8. The summed E-state index contributed by atoms with van der Waals surface area (Å²) in [6.07, 6.45) is 0.129. The largest absolute Gasteiger partial charge is 0.391 e. The van der Waals surface area contributed by atoms with Gasteiger partial charge >= 0.3 is 0 Å². The molecule has 18 heavy (non-hydrogen) atoms. The molecule has 1 aliphatic heterocycles. The van der Waals surface area contributed by atoms with Crippen molar-refractivity contribution in [3.8, 4) is 0 Å². The number of nitrogens with one attached hydrogen (secondary N) is 1. The smallest absolute Gasteiger partial charge is 0.245 e. The molecule has 0 spiro atoms. The number of rotatable bonds is 3. The summed E-state index contributed by atoms with van der Waals surface area (Å²) in [5, 5.41) is 12.1. The highest BCUT2D eigenvalue weighted by atomic mass is 35.5. The van der Waals surface area contributed by atoms with Crippen LogP contribution in [0.2, 0.25) is 0 Å². The van der Waals surface area contributed by atoms with E-state index in [-0.39, 0.29) is 17.7 Å². The Balaban J connectivity index is 2.76. The van der Waals surface area contributed by atoms with Crippen LogP contribution in [0, 0.1) is 5.41 Å². The lowest BCUT2D eigenvalue weighted by Crippen LogP contribution is -2.54. The number of amides is 2. The van der Waals surface area contributed by atoms with E-state index in [4.69, 9.17) is 11.6 Å². The Kier molecular flexibility index (Phi) is 4.99. The van der Waals surface area contributed by atoms with Gasteiger partial charge in [0.1, 0.15) is 11.9 Å². The van der Waals surface area contributed by atoms with Gasteiger partial charge in [0.05, 0.1) is 6.10 Å². The Labute approximate surface area is 112 Å². The van der Waals surface area contributed by atoms with Gasteiger partial charge in [-0.05, 0) is 11.8 Å². The third-order valence-corrected chi connectivity index (χ3v) is 3.26. The molecule has 5 nitrogen and oxygen atoms in total. The number of β-amino-alcohol motifs (C(OH)–C–C–N with tert-alkyl or cyclic N) is 1. The zero-order valence-corrected chi connectivity index (χ0v) is 11.8. The summed E-state index contributed by atoms with van der Waals surface area (Å²) in [6.45, 7) is 6.52. The summed E-state index contributed by atoms with van der Waals surface area (Å²) in [6, 6.07) is -0.617. The highest BCUT2D eigenvalue weighted by Gasteiger charge is 2.37. The van der Waals surface area contributed by atoms with Crippen molar-refractivity contribution in [2.45, 2.75) is 39.3 Å². The van der Waals surface area contributed by atoms with Gasteiger partial charge in [0.15, 0.2) is 0 Å². The summed E-state index contributed by atoms with van der Waals surface area (Å²) >= 11 is 5.46. The Bertz CT molecular complexity index is 328. The van der Waals surface area contributed by atoms with Crippen molar-refractivity contribution in [3.05, 3.63) is 0 Å². The van der Waals surface area contributed by atoms with Crippen LogP contribution in [0.1, 0.15) is 27.2 Å². The molecule has 1 rings (SSSR count). The molecule has 0 unspecified atom stereocenters. The number of carbonyl (C=O) groups excluding carboxylic acids is 2. The third-order valence-electron chi connectivity index (χ3n) is 3.01. The zero-order chi connectivity index (χ0) is 13.9. The number of alkyl halides is 1. The van der Waals surface area contributed by atoms with Gasteiger partial charge in [-0.3, -0.25) is 9.59 Å². The van der Waals surface area contributed by atoms with E-state index < -0.39 is 17.6 Å². The van der Waals surface area contributed by atoms with Gasteiger partial charge in [0.2, 0.25) is 11.8 Å². The van der Waals surface area contributed by atoms with Gasteiger partial charge in [0.25, 0.3) is 0 Å². The van der Waals surface area contributed by atoms with Crippen molar-refractivity contribution in [3.63, 3.8) is 0 Å². The number of likely N-dealkylation sites (tertiary alicyclic amines) is 1. The van der Waals surface area contributed by atoms with Gasteiger partial charge in [-0.1, -0.05) is 20.8 Å². The van der Waals surface area contributed by atoms with Gasteiger partial charge < -0.3 is 15.3 Å². The van der Waals surface area contributed by atoms with Crippen molar-refractivity contribution in [1.29, 1.82) is 0 Å². The molecule has 2 amide bonds. The maximum atomic E-state index is 12.3. The molecule has 0 bridgehead atoms. The van der Waals surface area contributed by atoms with Crippen LogP contribution in [0.25, 0.3) is 0 Å². The fourth-order valence-corrected chi connectivity index (χ4v) is 2.05. The maximum Gasteiger partial charge on any atom is 0.245 e. The molecule has 0 aliphatic carbocycles. The molecule has 1 fully saturated rings. The number of aliphatic hydroxyl groups is 1. The molecule has 0 saturated carbocycles. The molecule has 104 valence electrons. The molecule has 2 N–H and O–H groups in total. The number of hydrogen-bond acceptors (Lipinski definition) is 3. The topological polar surface area (TPSA) is 69.6 Å². The highest BCUT2D eigenvalue weighted by Crippen LogP contribution is 2.23. The van der Waals surface area contributed by atoms with E-state index in [0.717, 1.165) is 0 Å². The first kappa shape index (κ1) is 15.2.